The van der Waals surface area contributed by atoms with Gasteiger partial charge in [0.25, 0.3) is 0 Å². The summed E-state index contributed by atoms with van der Waals surface area (Å²) in [5.74, 6) is 0. The first-order valence-electron chi connectivity index (χ1n) is 8.14. The fourth-order valence-electron chi connectivity index (χ4n) is 3.24. The van der Waals surface area contributed by atoms with E-state index in [1.54, 1.807) is 0 Å². The summed E-state index contributed by atoms with van der Waals surface area (Å²) < 4.78 is 4.10. The molecule has 3 aromatic rings. The van der Waals surface area contributed by atoms with Crippen LogP contribution in [0.1, 0.15) is 23.7 Å². The van der Waals surface area contributed by atoms with Crippen LogP contribution in [0.25, 0.3) is 0 Å². The number of aromatic nitrogens is 4. The molecule has 3 heterocycles. The first-order chi connectivity index (χ1) is 11.4. The molecule has 118 valence electrons. The molecule has 1 unspecified atom stereocenters. The van der Waals surface area contributed by atoms with Crippen molar-refractivity contribution in [2.24, 2.45) is 0 Å². The van der Waals surface area contributed by atoms with E-state index in [0.717, 1.165) is 38.3 Å². The van der Waals surface area contributed by atoms with Crippen molar-refractivity contribution in [3.05, 3.63) is 72.3 Å². The fourth-order valence-corrected chi connectivity index (χ4v) is 3.24. The summed E-state index contributed by atoms with van der Waals surface area (Å²) in [5.41, 5.74) is 2.42. The molecule has 5 heteroatoms. The summed E-state index contributed by atoms with van der Waals surface area (Å²) in [6.45, 7) is 3.90. The summed E-state index contributed by atoms with van der Waals surface area (Å²) in [6.07, 6.45) is 7.15. The molecular weight excluding hydrogens is 286 g/mol. The largest absolute Gasteiger partial charge is 0.295 e. The van der Waals surface area contributed by atoms with Gasteiger partial charge in [0.05, 0.1) is 18.3 Å². The fraction of sp³-hybridized carbons (Fsp3) is 0.333. The zero-order valence-corrected chi connectivity index (χ0v) is 13.1. The molecule has 1 aliphatic heterocycles. The molecule has 0 amide bonds. The van der Waals surface area contributed by atoms with Gasteiger partial charge in [-0.3, -0.25) is 14.3 Å². The topological polar surface area (TPSA) is 38.9 Å². The SMILES string of the molecule is c1ccc(Cn2ccc(CN3CCC(n4cccn4)C3)n2)cc1. The lowest BCUT2D eigenvalue weighted by molar-refractivity contribution is 0.307. The highest BCUT2D eigenvalue weighted by Gasteiger charge is 2.24. The Hall–Kier alpha value is -2.40. The maximum Gasteiger partial charge on any atom is 0.0764 e. The third kappa shape index (κ3) is 3.35. The zero-order chi connectivity index (χ0) is 15.5. The zero-order valence-electron chi connectivity index (χ0n) is 13.1. The molecule has 0 aliphatic carbocycles. The molecule has 2 aromatic heterocycles. The molecule has 0 N–H and O–H groups in total. The summed E-state index contributed by atoms with van der Waals surface area (Å²) in [6, 6.07) is 15.1. The van der Waals surface area contributed by atoms with Crippen LogP contribution in [-0.4, -0.2) is 37.6 Å². The molecule has 4 rings (SSSR count). The third-order valence-corrected chi connectivity index (χ3v) is 4.42. The highest BCUT2D eigenvalue weighted by molar-refractivity contribution is 5.15. The molecule has 1 saturated heterocycles. The Morgan fingerprint density at radius 3 is 2.74 bits per heavy atom. The van der Waals surface area contributed by atoms with E-state index < -0.39 is 0 Å². The van der Waals surface area contributed by atoms with Crippen molar-refractivity contribution in [3.8, 4) is 0 Å². The monoisotopic (exact) mass is 307 g/mol. The molecule has 23 heavy (non-hydrogen) atoms. The van der Waals surface area contributed by atoms with E-state index in [0.29, 0.717) is 6.04 Å². The number of rotatable bonds is 5. The number of nitrogens with zero attached hydrogens (tertiary/aromatic N) is 5. The van der Waals surface area contributed by atoms with E-state index in [1.807, 2.05) is 23.0 Å². The lowest BCUT2D eigenvalue weighted by atomic mass is 10.2. The molecule has 0 bridgehead atoms. The van der Waals surface area contributed by atoms with Gasteiger partial charge < -0.3 is 0 Å². The van der Waals surface area contributed by atoms with Crippen molar-refractivity contribution in [2.45, 2.75) is 25.6 Å². The second kappa shape index (κ2) is 6.38. The number of likely N-dealkylation sites (tertiary alicyclic amines) is 1. The number of hydrogen-bond donors (Lipinski definition) is 0. The average molecular weight is 307 g/mol. The van der Waals surface area contributed by atoms with Gasteiger partial charge in [-0.2, -0.15) is 10.2 Å². The van der Waals surface area contributed by atoms with Crippen molar-refractivity contribution in [1.82, 2.24) is 24.5 Å². The summed E-state index contributed by atoms with van der Waals surface area (Å²) in [7, 11) is 0. The predicted molar refractivity (Wildman–Crippen MR) is 88.9 cm³/mol. The van der Waals surface area contributed by atoms with Crippen LogP contribution in [0.5, 0.6) is 0 Å². The third-order valence-electron chi connectivity index (χ3n) is 4.42. The minimum atomic E-state index is 0.497. The van der Waals surface area contributed by atoms with Crippen LogP contribution < -0.4 is 0 Å². The first-order valence-corrected chi connectivity index (χ1v) is 8.14. The highest BCUT2D eigenvalue weighted by Crippen LogP contribution is 2.21. The molecule has 1 atom stereocenters. The van der Waals surface area contributed by atoms with Gasteiger partial charge in [-0.05, 0) is 24.1 Å². The van der Waals surface area contributed by atoms with E-state index in [4.69, 9.17) is 5.10 Å². The summed E-state index contributed by atoms with van der Waals surface area (Å²) in [5, 5.41) is 9.07. The first kappa shape index (κ1) is 14.2. The van der Waals surface area contributed by atoms with Crippen LogP contribution in [0, 0.1) is 0 Å². The van der Waals surface area contributed by atoms with Crippen LogP contribution in [-0.2, 0) is 13.1 Å². The van der Waals surface area contributed by atoms with Crippen LogP contribution in [0.2, 0.25) is 0 Å². The van der Waals surface area contributed by atoms with Crippen LogP contribution in [0.4, 0.5) is 0 Å². The smallest absolute Gasteiger partial charge is 0.0764 e. The molecular formula is C18H21N5. The Morgan fingerprint density at radius 2 is 1.91 bits per heavy atom. The normalized spacial score (nSPS) is 18.5. The van der Waals surface area contributed by atoms with Crippen molar-refractivity contribution >= 4 is 0 Å². The maximum absolute atomic E-state index is 4.71. The van der Waals surface area contributed by atoms with Crippen molar-refractivity contribution in [1.29, 1.82) is 0 Å². The quantitative estimate of drug-likeness (QED) is 0.727. The van der Waals surface area contributed by atoms with Gasteiger partial charge in [0.15, 0.2) is 0 Å². The molecule has 1 aromatic carbocycles. The highest BCUT2D eigenvalue weighted by atomic mass is 15.3. The molecule has 5 nitrogen and oxygen atoms in total. The Balaban J connectivity index is 1.35. The predicted octanol–water partition coefficient (Wildman–Crippen LogP) is 2.57. The number of hydrogen-bond acceptors (Lipinski definition) is 3. The summed E-state index contributed by atoms with van der Waals surface area (Å²) in [4.78, 5) is 2.46. The number of benzene rings is 1. The van der Waals surface area contributed by atoms with E-state index in [1.165, 1.54) is 5.56 Å². The van der Waals surface area contributed by atoms with E-state index >= 15 is 0 Å². The molecule has 0 radical (unpaired) electrons. The van der Waals surface area contributed by atoms with Gasteiger partial charge in [-0.25, -0.2) is 0 Å². The molecule has 1 fully saturated rings. The lowest BCUT2D eigenvalue weighted by Gasteiger charge is -2.14. The van der Waals surface area contributed by atoms with Gasteiger partial charge in [0.2, 0.25) is 0 Å². The second-order valence-electron chi connectivity index (χ2n) is 6.15. The molecule has 0 spiro atoms. The minimum absolute atomic E-state index is 0.497. The van der Waals surface area contributed by atoms with Crippen molar-refractivity contribution in [3.63, 3.8) is 0 Å². The maximum atomic E-state index is 4.71. The standard InChI is InChI=1S/C18H21N5/c1-2-5-16(6-3-1)13-22-12-7-17(20-22)14-21-11-8-18(15-21)23-10-4-9-19-23/h1-7,9-10,12,18H,8,11,13-15H2. The van der Waals surface area contributed by atoms with Crippen LogP contribution in [0.15, 0.2) is 61.1 Å². The van der Waals surface area contributed by atoms with Crippen molar-refractivity contribution in [2.75, 3.05) is 13.1 Å². The van der Waals surface area contributed by atoms with Crippen molar-refractivity contribution < 1.29 is 0 Å². The minimum Gasteiger partial charge on any atom is -0.295 e. The van der Waals surface area contributed by atoms with Gasteiger partial charge in [0.1, 0.15) is 0 Å². The molecule has 1 aliphatic rings. The van der Waals surface area contributed by atoms with E-state index in [-0.39, 0.29) is 0 Å². The van der Waals surface area contributed by atoms with Crippen LogP contribution >= 0.6 is 0 Å². The Bertz CT molecular complexity index is 732. The molecule has 0 saturated carbocycles. The van der Waals surface area contributed by atoms with Gasteiger partial charge in [0, 0.05) is 38.2 Å². The Kier molecular flexibility index (Phi) is 3.94. The Labute approximate surface area is 136 Å². The second-order valence-corrected chi connectivity index (χ2v) is 6.15. The lowest BCUT2D eigenvalue weighted by Crippen LogP contribution is -2.21. The average Bonchev–Trinajstić information content (AvgIpc) is 3.30. The summed E-state index contributed by atoms with van der Waals surface area (Å²) >= 11 is 0. The van der Waals surface area contributed by atoms with E-state index in [2.05, 4.69) is 57.4 Å². The Morgan fingerprint density at radius 1 is 1.00 bits per heavy atom. The van der Waals surface area contributed by atoms with Crippen LogP contribution in [0.3, 0.4) is 0 Å². The van der Waals surface area contributed by atoms with Gasteiger partial charge >= 0.3 is 0 Å². The van der Waals surface area contributed by atoms with E-state index in [9.17, 15) is 0 Å². The van der Waals surface area contributed by atoms with Gasteiger partial charge in [-0.15, -0.1) is 0 Å². The van der Waals surface area contributed by atoms with Gasteiger partial charge in [-0.1, -0.05) is 30.3 Å².